The van der Waals surface area contributed by atoms with Gasteiger partial charge < -0.3 is 30.3 Å². The number of para-hydroxylation sites is 2. The van der Waals surface area contributed by atoms with E-state index in [4.69, 9.17) is 15.9 Å². The molecular formula is C68H88N6O11. The smallest absolute Gasteiger partial charge is 0.419 e. The minimum absolute atomic E-state index is 0.0894. The third-order valence-corrected chi connectivity index (χ3v) is 14.7. The molecule has 0 saturated heterocycles. The number of rotatable bonds is 31. The molecule has 0 radical (unpaired) electrons. The highest BCUT2D eigenvalue weighted by molar-refractivity contribution is 5.99. The molecule has 85 heavy (non-hydrogen) atoms. The molecule has 0 aliphatic heterocycles. The van der Waals surface area contributed by atoms with Gasteiger partial charge in [0.05, 0.1) is 35.1 Å². The molecule has 3 aromatic carbocycles. The van der Waals surface area contributed by atoms with Crippen LogP contribution >= 0.6 is 0 Å². The van der Waals surface area contributed by atoms with Gasteiger partial charge in [0.1, 0.15) is 17.0 Å². The number of ketones is 4. The summed E-state index contributed by atoms with van der Waals surface area (Å²) in [6.45, 7) is 22.4. The van der Waals surface area contributed by atoms with E-state index >= 15 is 4.79 Å². The van der Waals surface area contributed by atoms with Crippen molar-refractivity contribution >= 4 is 74.8 Å². The van der Waals surface area contributed by atoms with Crippen molar-refractivity contribution in [2.75, 3.05) is 20.1 Å². The number of hydrogen-bond donors (Lipinski definition) is 3. The van der Waals surface area contributed by atoms with E-state index in [1.54, 1.807) is 123 Å². The first-order valence-corrected chi connectivity index (χ1v) is 29.6. The van der Waals surface area contributed by atoms with Crippen LogP contribution in [-0.4, -0.2) is 117 Å². The van der Waals surface area contributed by atoms with Crippen molar-refractivity contribution in [3.05, 3.63) is 121 Å². The summed E-state index contributed by atoms with van der Waals surface area (Å²) in [7, 11) is 1.98. The summed E-state index contributed by atoms with van der Waals surface area (Å²) in [5.74, 6) is -4.27. The molecule has 0 spiro atoms. The molecule has 0 aliphatic rings. The van der Waals surface area contributed by atoms with E-state index in [1.165, 1.54) is 16.1 Å². The Morgan fingerprint density at radius 1 is 0.612 bits per heavy atom. The van der Waals surface area contributed by atoms with Crippen molar-refractivity contribution in [3.63, 3.8) is 0 Å². The topological polar surface area (TPSA) is 221 Å². The first-order chi connectivity index (χ1) is 40.1. The molecule has 2 aromatic heterocycles. The van der Waals surface area contributed by atoms with Crippen molar-refractivity contribution in [1.82, 2.24) is 30.0 Å². The molecule has 0 aliphatic carbocycles. The Balaban J connectivity index is 1.53. The minimum Gasteiger partial charge on any atom is -0.443 e. The summed E-state index contributed by atoms with van der Waals surface area (Å²) < 4.78 is 14.2. The Hall–Kier alpha value is -7.97. The zero-order valence-electron chi connectivity index (χ0n) is 51.6. The van der Waals surface area contributed by atoms with Gasteiger partial charge in [0.15, 0.2) is 17.3 Å². The fourth-order valence-electron chi connectivity index (χ4n) is 10.1. The average Bonchev–Trinajstić information content (AvgIpc) is 2.06. The van der Waals surface area contributed by atoms with Crippen molar-refractivity contribution < 1.29 is 52.6 Å². The number of carbonyl (C=O) groups excluding carboxylic acids is 9. The van der Waals surface area contributed by atoms with Crippen molar-refractivity contribution in [3.8, 4) is 12.3 Å². The summed E-state index contributed by atoms with van der Waals surface area (Å²) in [5, 5.41) is 9.99. The van der Waals surface area contributed by atoms with E-state index in [-0.39, 0.29) is 62.4 Å². The average molecular weight is 1170 g/mol. The van der Waals surface area contributed by atoms with Crippen molar-refractivity contribution in [1.29, 1.82) is 0 Å². The van der Waals surface area contributed by atoms with Gasteiger partial charge in [-0.3, -0.25) is 42.7 Å². The van der Waals surface area contributed by atoms with Gasteiger partial charge in [-0.2, -0.15) is 0 Å². The largest absolute Gasteiger partial charge is 0.443 e. The molecule has 0 saturated carbocycles. The van der Waals surface area contributed by atoms with Crippen LogP contribution in [0.4, 0.5) is 9.59 Å². The highest BCUT2D eigenvalue weighted by Crippen LogP contribution is 2.28. The number of amides is 3. The number of aromatic nitrogens is 2. The summed E-state index contributed by atoms with van der Waals surface area (Å²) in [6.07, 6.45) is 10.1. The summed E-state index contributed by atoms with van der Waals surface area (Å²) >= 11 is 0. The molecule has 0 unspecified atom stereocenters. The number of terminal acetylenes is 1. The van der Waals surface area contributed by atoms with Gasteiger partial charge in [0, 0.05) is 92.4 Å². The van der Waals surface area contributed by atoms with E-state index in [0.717, 1.165) is 18.5 Å². The highest BCUT2D eigenvalue weighted by Gasteiger charge is 2.35. The Labute approximate surface area is 501 Å². The van der Waals surface area contributed by atoms with Crippen molar-refractivity contribution in [2.24, 2.45) is 23.7 Å². The van der Waals surface area contributed by atoms with Crippen LogP contribution in [0, 0.1) is 36.0 Å². The molecule has 456 valence electrons. The lowest BCUT2D eigenvalue weighted by Crippen LogP contribution is -2.49. The molecule has 0 fully saturated rings. The van der Waals surface area contributed by atoms with Gasteiger partial charge in [-0.05, 0) is 110 Å². The zero-order valence-corrected chi connectivity index (χ0v) is 51.6. The second-order valence-electron chi connectivity index (χ2n) is 24.6. The second kappa shape index (κ2) is 31.3. The van der Waals surface area contributed by atoms with Gasteiger partial charge in [-0.15, -0.1) is 18.9 Å². The van der Waals surface area contributed by atoms with Crippen LogP contribution in [0.2, 0.25) is 0 Å². The number of nitrogens with one attached hydrogen (secondary N) is 3. The molecule has 2 heterocycles. The van der Waals surface area contributed by atoms with E-state index in [0.29, 0.717) is 52.3 Å². The molecule has 17 heteroatoms. The molecule has 5 rings (SSSR count). The number of benzene rings is 3. The van der Waals surface area contributed by atoms with Crippen LogP contribution in [0.25, 0.3) is 21.8 Å². The first kappa shape index (κ1) is 67.8. The number of ether oxygens (including phenoxy) is 2. The zero-order chi connectivity index (χ0) is 62.8. The highest BCUT2D eigenvalue weighted by atomic mass is 16.6. The van der Waals surface area contributed by atoms with Gasteiger partial charge in [0.25, 0.3) is 0 Å². The van der Waals surface area contributed by atoms with Crippen LogP contribution in [0.5, 0.6) is 0 Å². The lowest BCUT2D eigenvalue weighted by Gasteiger charge is -2.25. The Morgan fingerprint density at radius 2 is 1.08 bits per heavy atom. The number of carbonyl (C=O) groups is 9. The predicted octanol–water partition coefficient (Wildman–Crippen LogP) is 10.3. The first-order valence-electron chi connectivity index (χ1n) is 29.6. The van der Waals surface area contributed by atoms with Gasteiger partial charge in [-0.1, -0.05) is 101 Å². The van der Waals surface area contributed by atoms with E-state index in [9.17, 15) is 38.4 Å². The van der Waals surface area contributed by atoms with Crippen molar-refractivity contribution in [2.45, 2.75) is 169 Å². The van der Waals surface area contributed by atoms with Crippen LogP contribution in [0.1, 0.15) is 137 Å². The van der Waals surface area contributed by atoms with Crippen LogP contribution < -0.4 is 16.0 Å². The Bertz CT molecular complexity index is 3220. The van der Waals surface area contributed by atoms with E-state index in [1.807, 2.05) is 43.5 Å². The lowest BCUT2D eigenvalue weighted by atomic mass is 9.88. The van der Waals surface area contributed by atoms with Crippen LogP contribution in [-0.2, 0) is 62.3 Å². The third kappa shape index (κ3) is 20.4. The fraction of sp³-hybridized carbons (Fsp3) is 0.485. The van der Waals surface area contributed by atoms with Crippen LogP contribution in [0.15, 0.2) is 104 Å². The minimum atomic E-state index is -1.33. The second-order valence-corrected chi connectivity index (χ2v) is 24.6. The SMILES string of the molecule is C#CC[C@H](CC(=O)C(C)C)C(=O)N[C@H](Cc1cn(C(=O)OC(C)(C)C)c2ccccc12)C(=O)C[C@@H](C)C(=O)N[C@@H](Cc1cn(C(=O)OC(C)(C)C)c2ccccc12)C(=O)C[C@H](Cc1ccccc1)C(=O)N[C@@H](CCCCN(C)CC=C)C(=O)CC. The number of fused-ring (bicyclic) bond motifs is 2. The molecule has 17 nitrogen and oxygen atoms in total. The van der Waals surface area contributed by atoms with Gasteiger partial charge in [0.2, 0.25) is 17.7 Å². The third-order valence-electron chi connectivity index (χ3n) is 14.7. The normalized spacial score (nSPS) is 13.9. The maximum atomic E-state index is 15.2. The maximum absolute atomic E-state index is 15.2. The molecule has 5 aromatic rings. The summed E-state index contributed by atoms with van der Waals surface area (Å²) in [4.78, 5) is 130. The van der Waals surface area contributed by atoms with E-state index < -0.39 is 95.0 Å². The summed E-state index contributed by atoms with van der Waals surface area (Å²) in [5.41, 5.74) is 1.07. The Kier molecular flexibility index (Phi) is 24.9. The van der Waals surface area contributed by atoms with E-state index in [2.05, 4.69) is 33.3 Å². The molecule has 0 bridgehead atoms. The molecular weight excluding hydrogens is 1080 g/mol. The fourth-order valence-corrected chi connectivity index (χ4v) is 10.1. The lowest BCUT2D eigenvalue weighted by molar-refractivity contribution is -0.135. The summed E-state index contributed by atoms with van der Waals surface area (Å²) in [6, 6.07) is 19.9. The van der Waals surface area contributed by atoms with Crippen LogP contribution in [0.3, 0.4) is 0 Å². The molecule has 3 N–H and O–H groups in total. The quantitative estimate of drug-likeness (QED) is 0.0214. The predicted molar refractivity (Wildman–Crippen MR) is 331 cm³/mol. The molecule has 3 amide bonds. The maximum Gasteiger partial charge on any atom is 0.419 e. The number of Topliss-reactive ketones (excluding diaryl/α,β-unsaturated/α-hetero) is 4. The standard InChI is InChI=1S/C68H88N6O11/c1-14-26-47(40-59(76)44(4)5)63(80)71-54(38-49-42-73(65(82)84-67(7,8)9)56-32-22-20-29-51(49)56)60(77)36-45(6)62(79)70-55(39-50-43-74(66(83)85-68(10,11)12)57-33-23-21-30-52(50)57)61(78)41-48(37-46-27-18-17-19-28-46)64(81)69-53(58(75)16-3)31-24-25-35-72(13)34-15-2/h1,15,17-23,27-30,32-33,42-45,47-48,53-55H,2,16,24-26,31,34-41H2,3-13H3,(H,69,81)(H,70,79)(H,71,80)/t45-,47-,48+,53+,54-,55+/m1/s1. The number of nitrogens with zero attached hydrogens (tertiary/aromatic N) is 3. The number of likely N-dealkylation sites (N-methyl/N-ethyl adjacent to an activating group) is 1. The number of hydrogen-bond acceptors (Lipinski definition) is 12. The molecule has 6 atom stereocenters. The Morgan fingerprint density at radius 3 is 1.58 bits per heavy atom. The van der Waals surface area contributed by atoms with Gasteiger partial charge in [-0.25, -0.2) is 9.59 Å². The monoisotopic (exact) mass is 1160 g/mol. The number of unbranched alkanes of at least 4 members (excludes halogenated alkanes) is 1. The van der Waals surface area contributed by atoms with Gasteiger partial charge >= 0.3 is 12.2 Å².